The van der Waals surface area contributed by atoms with Crippen molar-refractivity contribution in [3.05, 3.63) is 62.9 Å². The summed E-state index contributed by atoms with van der Waals surface area (Å²) in [5.74, 6) is -0.293. The fourth-order valence-electron chi connectivity index (χ4n) is 2.75. The SMILES string of the molecule is O=C1OCCC1Sc1nc2ccccc2c(=O)n1-c1ccc(Cl)c(Cl)c1. The van der Waals surface area contributed by atoms with Crippen LogP contribution in [0.15, 0.2) is 52.4 Å². The third-order valence-corrected chi connectivity index (χ3v) is 5.98. The zero-order valence-corrected chi connectivity index (χ0v) is 15.6. The lowest BCUT2D eigenvalue weighted by molar-refractivity contribution is -0.137. The topological polar surface area (TPSA) is 61.2 Å². The zero-order valence-electron chi connectivity index (χ0n) is 13.3. The largest absolute Gasteiger partial charge is 0.465 e. The first kappa shape index (κ1) is 17.4. The van der Waals surface area contributed by atoms with E-state index < -0.39 is 5.25 Å². The summed E-state index contributed by atoms with van der Waals surface area (Å²) in [5, 5.41) is 1.23. The first-order chi connectivity index (χ1) is 12.5. The molecule has 1 atom stereocenters. The normalized spacial score (nSPS) is 16.8. The van der Waals surface area contributed by atoms with E-state index in [1.807, 2.05) is 6.07 Å². The highest BCUT2D eigenvalue weighted by Crippen LogP contribution is 2.31. The van der Waals surface area contributed by atoms with Crippen molar-refractivity contribution in [2.45, 2.75) is 16.8 Å². The van der Waals surface area contributed by atoms with Gasteiger partial charge in [-0.3, -0.25) is 14.2 Å². The third-order valence-electron chi connectivity index (χ3n) is 4.04. The lowest BCUT2D eigenvalue weighted by atomic mass is 10.2. The van der Waals surface area contributed by atoms with Crippen LogP contribution >= 0.6 is 35.0 Å². The van der Waals surface area contributed by atoms with Gasteiger partial charge in [0.2, 0.25) is 0 Å². The summed E-state index contributed by atoms with van der Waals surface area (Å²) in [6.45, 7) is 0.376. The van der Waals surface area contributed by atoms with E-state index in [9.17, 15) is 9.59 Å². The van der Waals surface area contributed by atoms with Crippen molar-refractivity contribution in [3.63, 3.8) is 0 Å². The minimum atomic E-state index is -0.392. The van der Waals surface area contributed by atoms with Gasteiger partial charge in [0.25, 0.3) is 5.56 Å². The van der Waals surface area contributed by atoms with Crippen LogP contribution in [0.2, 0.25) is 10.0 Å². The van der Waals surface area contributed by atoms with Crippen molar-refractivity contribution in [2.75, 3.05) is 6.61 Å². The molecule has 1 aliphatic heterocycles. The lowest BCUT2D eigenvalue weighted by Crippen LogP contribution is -2.23. The van der Waals surface area contributed by atoms with E-state index in [1.165, 1.54) is 16.3 Å². The van der Waals surface area contributed by atoms with E-state index in [-0.39, 0.29) is 11.5 Å². The second kappa shape index (κ2) is 6.95. The van der Waals surface area contributed by atoms with Crippen LogP contribution in [0, 0.1) is 0 Å². The number of benzene rings is 2. The first-order valence-corrected chi connectivity index (χ1v) is 9.48. The van der Waals surface area contributed by atoms with E-state index in [0.29, 0.717) is 44.8 Å². The number of hydrogen-bond acceptors (Lipinski definition) is 5. The van der Waals surface area contributed by atoms with Crippen LogP contribution in [0.3, 0.4) is 0 Å². The summed E-state index contributed by atoms with van der Waals surface area (Å²) in [4.78, 5) is 29.6. The van der Waals surface area contributed by atoms with Gasteiger partial charge in [0.1, 0.15) is 5.25 Å². The average Bonchev–Trinajstić information content (AvgIpc) is 3.03. The summed E-state index contributed by atoms with van der Waals surface area (Å²) in [6, 6.07) is 12.0. The van der Waals surface area contributed by atoms with Crippen LogP contribution in [-0.2, 0) is 9.53 Å². The van der Waals surface area contributed by atoms with Gasteiger partial charge in [-0.25, -0.2) is 4.98 Å². The number of aromatic nitrogens is 2. The van der Waals surface area contributed by atoms with Crippen molar-refractivity contribution >= 4 is 51.8 Å². The van der Waals surface area contributed by atoms with Crippen LogP contribution in [0.4, 0.5) is 0 Å². The molecule has 0 aliphatic carbocycles. The van der Waals surface area contributed by atoms with Gasteiger partial charge in [-0.05, 0) is 30.3 Å². The summed E-state index contributed by atoms with van der Waals surface area (Å²) in [7, 11) is 0. The maximum atomic E-state index is 13.1. The lowest BCUT2D eigenvalue weighted by Gasteiger charge is -2.15. The second-order valence-corrected chi connectivity index (χ2v) is 7.70. The maximum absolute atomic E-state index is 13.1. The van der Waals surface area contributed by atoms with Crippen molar-refractivity contribution in [1.82, 2.24) is 9.55 Å². The summed E-state index contributed by atoms with van der Waals surface area (Å²) >= 11 is 13.4. The van der Waals surface area contributed by atoms with Gasteiger partial charge in [-0.1, -0.05) is 47.1 Å². The van der Waals surface area contributed by atoms with Crippen molar-refractivity contribution < 1.29 is 9.53 Å². The average molecular weight is 407 g/mol. The molecule has 1 aliphatic rings. The predicted molar refractivity (Wildman–Crippen MR) is 103 cm³/mol. The molecular formula is C18H12Cl2N2O3S. The highest BCUT2D eigenvalue weighted by Gasteiger charge is 2.29. The Labute approximate surface area is 162 Å². The number of esters is 1. The number of rotatable bonds is 3. The van der Waals surface area contributed by atoms with E-state index in [0.717, 1.165) is 0 Å². The smallest absolute Gasteiger partial charge is 0.319 e. The quantitative estimate of drug-likeness (QED) is 0.483. The molecular weight excluding hydrogens is 395 g/mol. The van der Waals surface area contributed by atoms with Crippen LogP contribution in [0.25, 0.3) is 16.6 Å². The van der Waals surface area contributed by atoms with Gasteiger partial charge >= 0.3 is 5.97 Å². The Morgan fingerprint density at radius 3 is 2.65 bits per heavy atom. The number of carbonyl (C=O) groups is 1. The van der Waals surface area contributed by atoms with Crippen LogP contribution < -0.4 is 5.56 Å². The van der Waals surface area contributed by atoms with Crippen molar-refractivity contribution in [1.29, 1.82) is 0 Å². The zero-order chi connectivity index (χ0) is 18.3. The van der Waals surface area contributed by atoms with Gasteiger partial charge < -0.3 is 4.74 Å². The molecule has 132 valence electrons. The second-order valence-electron chi connectivity index (χ2n) is 5.71. The molecule has 0 spiro atoms. The molecule has 2 heterocycles. The summed E-state index contributed by atoms with van der Waals surface area (Å²) < 4.78 is 6.48. The van der Waals surface area contributed by atoms with Gasteiger partial charge in [-0.2, -0.15) is 0 Å². The summed E-state index contributed by atoms with van der Waals surface area (Å²) in [5.41, 5.74) is 0.877. The Kier molecular flexibility index (Phi) is 4.65. The van der Waals surface area contributed by atoms with Crippen LogP contribution in [-0.4, -0.2) is 27.4 Å². The van der Waals surface area contributed by atoms with Gasteiger partial charge in [0, 0.05) is 6.42 Å². The third kappa shape index (κ3) is 3.09. The van der Waals surface area contributed by atoms with E-state index in [4.69, 9.17) is 27.9 Å². The molecule has 26 heavy (non-hydrogen) atoms. The number of thioether (sulfide) groups is 1. The van der Waals surface area contributed by atoms with E-state index in [2.05, 4.69) is 4.98 Å². The molecule has 1 fully saturated rings. The number of cyclic esters (lactones) is 1. The molecule has 1 unspecified atom stereocenters. The Morgan fingerprint density at radius 1 is 1.12 bits per heavy atom. The Bertz CT molecular complexity index is 1080. The Hall–Kier alpha value is -2.02. The summed E-state index contributed by atoms with van der Waals surface area (Å²) in [6.07, 6.45) is 0.577. The molecule has 8 heteroatoms. The molecule has 5 nitrogen and oxygen atoms in total. The first-order valence-electron chi connectivity index (χ1n) is 7.85. The number of halogens is 2. The highest BCUT2D eigenvalue weighted by molar-refractivity contribution is 8.00. The Morgan fingerprint density at radius 2 is 1.92 bits per heavy atom. The minimum Gasteiger partial charge on any atom is -0.465 e. The van der Waals surface area contributed by atoms with Crippen LogP contribution in [0.1, 0.15) is 6.42 Å². The predicted octanol–water partition coefficient (Wildman–Crippen LogP) is 4.10. The number of para-hydroxylation sites is 1. The number of fused-ring (bicyclic) bond motifs is 1. The fourth-order valence-corrected chi connectivity index (χ4v) is 4.12. The molecule has 1 aromatic heterocycles. The minimum absolute atomic E-state index is 0.233. The highest BCUT2D eigenvalue weighted by atomic mass is 35.5. The Balaban J connectivity index is 1.94. The maximum Gasteiger partial charge on any atom is 0.319 e. The molecule has 0 saturated carbocycles. The van der Waals surface area contributed by atoms with E-state index in [1.54, 1.807) is 36.4 Å². The van der Waals surface area contributed by atoms with E-state index >= 15 is 0 Å². The number of carbonyl (C=O) groups excluding carboxylic acids is 1. The van der Waals surface area contributed by atoms with Crippen molar-refractivity contribution in [2.24, 2.45) is 0 Å². The van der Waals surface area contributed by atoms with Gasteiger partial charge in [-0.15, -0.1) is 0 Å². The molecule has 0 bridgehead atoms. The van der Waals surface area contributed by atoms with Crippen LogP contribution in [0.5, 0.6) is 0 Å². The van der Waals surface area contributed by atoms with Gasteiger partial charge in [0.05, 0.1) is 33.2 Å². The molecule has 1 saturated heterocycles. The number of nitrogens with zero attached hydrogens (tertiary/aromatic N) is 2. The molecule has 0 radical (unpaired) electrons. The standard InChI is InChI=1S/C18H12Cl2N2O3S/c19-12-6-5-10(9-13(12)20)22-16(23)11-3-1-2-4-14(11)21-18(22)26-15-7-8-25-17(15)24/h1-6,9,15H,7-8H2. The fraction of sp³-hybridized carbons (Fsp3) is 0.167. The van der Waals surface area contributed by atoms with Crippen molar-refractivity contribution in [3.8, 4) is 5.69 Å². The monoisotopic (exact) mass is 406 g/mol. The molecule has 4 rings (SSSR count). The molecule has 2 aromatic carbocycles. The molecule has 0 N–H and O–H groups in total. The molecule has 3 aromatic rings. The molecule has 0 amide bonds. The number of ether oxygens (including phenoxy) is 1. The van der Waals surface area contributed by atoms with Gasteiger partial charge in [0.15, 0.2) is 5.16 Å². The number of hydrogen-bond donors (Lipinski definition) is 0.